The SMILES string of the molecule is COc1ccc(C(=O)N2CCC(CNC(=O)Cc3ccc(Cl)cc3)CC2)cc1OC. The van der Waals surface area contributed by atoms with Crippen molar-refractivity contribution in [3.8, 4) is 11.5 Å². The molecule has 1 heterocycles. The third-order valence-corrected chi connectivity index (χ3v) is 5.65. The second-order valence-electron chi connectivity index (χ2n) is 7.41. The fraction of sp³-hybridized carbons (Fsp3) is 0.391. The predicted molar refractivity (Wildman–Crippen MR) is 116 cm³/mol. The molecule has 160 valence electrons. The van der Waals surface area contributed by atoms with Crippen LogP contribution < -0.4 is 14.8 Å². The van der Waals surface area contributed by atoms with E-state index in [0.29, 0.717) is 54.1 Å². The van der Waals surface area contributed by atoms with Crippen molar-refractivity contribution in [3.63, 3.8) is 0 Å². The monoisotopic (exact) mass is 430 g/mol. The summed E-state index contributed by atoms with van der Waals surface area (Å²) in [5.74, 6) is 1.50. The average molecular weight is 431 g/mol. The number of amides is 2. The van der Waals surface area contributed by atoms with Gasteiger partial charge in [0, 0.05) is 30.2 Å². The number of ether oxygens (including phenoxy) is 2. The molecule has 0 bridgehead atoms. The Hall–Kier alpha value is -2.73. The van der Waals surface area contributed by atoms with Gasteiger partial charge >= 0.3 is 0 Å². The highest BCUT2D eigenvalue weighted by atomic mass is 35.5. The number of nitrogens with zero attached hydrogens (tertiary/aromatic N) is 1. The van der Waals surface area contributed by atoms with Crippen LogP contribution in [0.4, 0.5) is 0 Å². The normalized spacial score (nSPS) is 14.3. The Kier molecular flexibility index (Phi) is 7.57. The van der Waals surface area contributed by atoms with Crippen molar-refractivity contribution in [1.82, 2.24) is 10.2 Å². The van der Waals surface area contributed by atoms with Gasteiger partial charge in [0.2, 0.25) is 5.91 Å². The molecule has 0 radical (unpaired) electrons. The fourth-order valence-electron chi connectivity index (χ4n) is 3.60. The summed E-state index contributed by atoms with van der Waals surface area (Å²) in [7, 11) is 3.12. The summed E-state index contributed by atoms with van der Waals surface area (Å²) in [6, 6.07) is 12.5. The molecule has 1 aliphatic heterocycles. The minimum Gasteiger partial charge on any atom is -0.493 e. The summed E-state index contributed by atoms with van der Waals surface area (Å²) in [6.07, 6.45) is 2.06. The third-order valence-electron chi connectivity index (χ3n) is 5.40. The van der Waals surface area contributed by atoms with E-state index in [1.54, 1.807) is 44.6 Å². The lowest BCUT2D eigenvalue weighted by atomic mass is 9.96. The Morgan fingerprint density at radius 3 is 2.33 bits per heavy atom. The van der Waals surface area contributed by atoms with Gasteiger partial charge in [0.1, 0.15) is 0 Å². The number of carbonyl (C=O) groups excluding carboxylic acids is 2. The Balaban J connectivity index is 1.45. The molecular formula is C23H27ClN2O4. The van der Waals surface area contributed by atoms with Gasteiger partial charge in [0.25, 0.3) is 5.91 Å². The molecule has 0 aliphatic carbocycles. The van der Waals surface area contributed by atoms with Crippen LogP contribution >= 0.6 is 11.6 Å². The van der Waals surface area contributed by atoms with E-state index in [9.17, 15) is 9.59 Å². The average Bonchev–Trinajstić information content (AvgIpc) is 2.78. The molecule has 1 aliphatic rings. The molecule has 6 nitrogen and oxygen atoms in total. The van der Waals surface area contributed by atoms with E-state index in [2.05, 4.69) is 5.32 Å². The molecule has 2 aromatic rings. The lowest BCUT2D eigenvalue weighted by Crippen LogP contribution is -2.41. The van der Waals surface area contributed by atoms with E-state index in [1.807, 2.05) is 17.0 Å². The zero-order valence-corrected chi connectivity index (χ0v) is 18.1. The molecule has 0 atom stereocenters. The van der Waals surface area contributed by atoms with Gasteiger partial charge in [-0.1, -0.05) is 23.7 Å². The smallest absolute Gasteiger partial charge is 0.253 e. The quantitative estimate of drug-likeness (QED) is 0.729. The van der Waals surface area contributed by atoms with Crippen molar-refractivity contribution in [2.45, 2.75) is 19.3 Å². The Bertz CT molecular complexity index is 877. The van der Waals surface area contributed by atoms with Crippen molar-refractivity contribution >= 4 is 23.4 Å². The number of nitrogens with one attached hydrogen (secondary N) is 1. The highest BCUT2D eigenvalue weighted by molar-refractivity contribution is 6.30. The molecule has 0 aromatic heterocycles. The van der Waals surface area contributed by atoms with Crippen LogP contribution in [-0.2, 0) is 11.2 Å². The van der Waals surface area contributed by atoms with Crippen molar-refractivity contribution < 1.29 is 19.1 Å². The standard InChI is InChI=1S/C23H27ClN2O4/c1-29-20-8-5-18(14-21(20)30-2)23(28)26-11-9-17(10-12-26)15-25-22(27)13-16-3-6-19(24)7-4-16/h3-8,14,17H,9-13,15H2,1-2H3,(H,25,27). The van der Waals surface area contributed by atoms with Crippen LogP contribution in [0.5, 0.6) is 11.5 Å². The van der Waals surface area contributed by atoms with E-state index in [0.717, 1.165) is 18.4 Å². The second-order valence-corrected chi connectivity index (χ2v) is 7.85. The Morgan fingerprint density at radius 2 is 1.70 bits per heavy atom. The summed E-state index contributed by atoms with van der Waals surface area (Å²) < 4.78 is 10.5. The summed E-state index contributed by atoms with van der Waals surface area (Å²) in [5, 5.41) is 3.67. The minimum absolute atomic E-state index is 0.00107. The topological polar surface area (TPSA) is 67.9 Å². The lowest BCUT2D eigenvalue weighted by Gasteiger charge is -2.32. The largest absolute Gasteiger partial charge is 0.493 e. The Morgan fingerprint density at radius 1 is 1.03 bits per heavy atom. The van der Waals surface area contributed by atoms with Crippen molar-refractivity contribution in [3.05, 3.63) is 58.6 Å². The number of carbonyl (C=O) groups is 2. The number of benzene rings is 2. The molecule has 2 amide bonds. The number of likely N-dealkylation sites (tertiary alicyclic amines) is 1. The van der Waals surface area contributed by atoms with Gasteiger partial charge in [-0.05, 0) is 54.7 Å². The number of piperidine rings is 1. The fourth-order valence-corrected chi connectivity index (χ4v) is 3.73. The zero-order valence-electron chi connectivity index (χ0n) is 17.3. The van der Waals surface area contributed by atoms with Gasteiger partial charge in [0.05, 0.1) is 20.6 Å². The molecule has 3 rings (SSSR count). The molecule has 1 saturated heterocycles. The summed E-state index contributed by atoms with van der Waals surface area (Å²) in [6.45, 7) is 1.97. The van der Waals surface area contributed by atoms with E-state index >= 15 is 0 Å². The molecule has 0 unspecified atom stereocenters. The first-order valence-electron chi connectivity index (χ1n) is 10.0. The van der Waals surface area contributed by atoms with Crippen LogP contribution in [-0.4, -0.2) is 50.6 Å². The van der Waals surface area contributed by atoms with Crippen LogP contribution in [0, 0.1) is 5.92 Å². The van der Waals surface area contributed by atoms with Crippen LogP contribution in [0.3, 0.4) is 0 Å². The van der Waals surface area contributed by atoms with E-state index in [-0.39, 0.29) is 11.8 Å². The summed E-state index contributed by atoms with van der Waals surface area (Å²) in [5.41, 5.74) is 1.52. The second kappa shape index (κ2) is 10.3. The van der Waals surface area contributed by atoms with Crippen LogP contribution in [0.1, 0.15) is 28.8 Å². The molecular weight excluding hydrogens is 404 g/mol. The van der Waals surface area contributed by atoms with Crippen molar-refractivity contribution in [2.24, 2.45) is 5.92 Å². The van der Waals surface area contributed by atoms with Crippen LogP contribution in [0.2, 0.25) is 5.02 Å². The summed E-state index contributed by atoms with van der Waals surface area (Å²) >= 11 is 5.87. The van der Waals surface area contributed by atoms with Crippen LogP contribution in [0.25, 0.3) is 0 Å². The number of methoxy groups -OCH3 is 2. The molecule has 1 fully saturated rings. The van der Waals surface area contributed by atoms with Gasteiger partial charge in [-0.3, -0.25) is 9.59 Å². The van der Waals surface area contributed by atoms with E-state index in [1.165, 1.54) is 0 Å². The van der Waals surface area contributed by atoms with Crippen molar-refractivity contribution in [1.29, 1.82) is 0 Å². The number of rotatable bonds is 7. The maximum Gasteiger partial charge on any atom is 0.253 e. The minimum atomic E-state index is -0.0128. The predicted octanol–water partition coefficient (Wildman–Crippen LogP) is 3.57. The molecule has 0 spiro atoms. The zero-order chi connectivity index (χ0) is 21.5. The van der Waals surface area contributed by atoms with Gasteiger partial charge in [-0.15, -0.1) is 0 Å². The Labute approximate surface area is 182 Å². The lowest BCUT2D eigenvalue weighted by molar-refractivity contribution is -0.120. The first-order valence-corrected chi connectivity index (χ1v) is 10.4. The molecule has 30 heavy (non-hydrogen) atoms. The molecule has 0 saturated carbocycles. The number of hydrogen-bond acceptors (Lipinski definition) is 4. The van der Waals surface area contributed by atoms with E-state index < -0.39 is 0 Å². The maximum absolute atomic E-state index is 12.8. The highest BCUT2D eigenvalue weighted by Crippen LogP contribution is 2.28. The number of hydrogen-bond donors (Lipinski definition) is 1. The van der Waals surface area contributed by atoms with Gasteiger partial charge in [0.15, 0.2) is 11.5 Å². The van der Waals surface area contributed by atoms with E-state index in [4.69, 9.17) is 21.1 Å². The molecule has 1 N–H and O–H groups in total. The number of halogens is 1. The molecule has 2 aromatic carbocycles. The van der Waals surface area contributed by atoms with Crippen molar-refractivity contribution in [2.75, 3.05) is 33.9 Å². The van der Waals surface area contributed by atoms with Crippen LogP contribution in [0.15, 0.2) is 42.5 Å². The first kappa shape index (κ1) is 22.0. The maximum atomic E-state index is 12.8. The third kappa shape index (κ3) is 5.66. The summed E-state index contributed by atoms with van der Waals surface area (Å²) in [4.78, 5) is 26.9. The van der Waals surface area contributed by atoms with Gasteiger partial charge in [-0.25, -0.2) is 0 Å². The highest BCUT2D eigenvalue weighted by Gasteiger charge is 2.24. The van der Waals surface area contributed by atoms with Gasteiger partial charge in [-0.2, -0.15) is 0 Å². The molecule has 7 heteroatoms. The van der Waals surface area contributed by atoms with Gasteiger partial charge < -0.3 is 19.7 Å². The first-order chi connectivity index (χ1) is 14.5.